The van der Waals surface area contributed by atoms with Crippen molar-refractivity contribution < 1.29 is 9.90 Å². The van der Waals surface area contributed by atoms with Crippen LogP contribution in [-0.2, 0) is 11.2 Å². The van der Waals surface area contributed by atoms with E-state index >= 15 is 0 Å². The Bertz CT molecular complexity index is 478. The molecular weight excluding hydrogens is 262 g/mol. The highest BCUT2D eigenvalue weighted by atomic mass is 16.4. The fourth-order valence-electron chi connectivity index (χ4n) is 3.34. The average molecular weight is 289 g/mol. The van der Waals surface area contributed by atoms with Crippen molar-refractivity contribution >= 4 is 5.97 Å². The van der Waals surface area contributed by atoms with Gasteiger partial charge in [0.2, 0.25) is 0 Å². The summed E-state index contributed by atoms with van der Waals surface area (Å²) in [6.07, 6.45) is 7.21. The van der Waals surface area contributed by atoms with Gasteiger partial charge in [-0.2, -0.15) is 0 Å². The maximum atomic E-state index is 11.1. The Morgan fingerprint density at radius 2 is 2.00 bits per heavy atom. The van der Waals surface area contributed by atoms with Crippen LogP contribution in [0.15, 0.2) is 18.2 Å². The van der Waals surface area contributed by atoms with Crippen molar-refractivity contribution in [2.24, 2.45) is 0 Å². The quantitative estimate of drug-likeness (QED) is 0.841. The lowest BCUT2D eigenvalue weighted by Gasteiger charge is -2.28. The normalized spacial score (nSPS) is 17.6. The van der Waals surface area contributed by atoms with Gasteiger partial charge in [-0.1, -0.05) is 43.0 Å². The summed E-state index contributed by atoms with van der Waals surface area (Å²) in [5.74, 6) is -0.715. The first-order valence-corrected chi connectivity index (χ1v) is 8.08. The molecule has 1 unspecified atom stereocenters. The zero-order chi connectivity index (χ0) is 15.2. The summed E-state index contributed by atoms with van der Waals surface area (Å²) in [6, 6.07) is 6.96. The van der Waals surface area contributed by atoms with Crippen molar-refractivity contribution in [1.82, 2.24) is 5.32 Å². The van der Waals surface area contributed by atoms with Crippen molar-refractivity contribution in [3.8, 4) is 0 Å². The number of nitrogens with one attached hydrogen (secondary N) is 1. The molecule has 3 heteroatoms. The van der Waals surface area contributed by atoms with Gasteiger partial charge in [0, 0.05) is 12.1 Å². The number of hydrogen-bond donors (Lipinski definition) is 2. The predicted molar refractivity (Wildman–Crippen MR) is 85.7 cm³/mol. The molecule has 0 heterocycles. The molecule has 0 amide bonds. The molecule has 3 nitrogen and oxygen atoms in total. The fraction of sp³-hybridized carbons (Fsp3) is 0.611. The van der Waals surface area contributed by atoms with E-state index < -0.39 is 5.97 Å². The number of benzene rings is 1. The number of hydrogen-bond acceptors (Lipinski definition) is 2. The molecule has 116 valence electrons. The van der Waals surface area contributed by atoms with E-state index in [4.69, 9.17) is 5.11 Å². The van der Waals surface area contributed by atoms with Gasteiger partial charge < -0.3 is 10.4 Å². The highest BCUT2D eigenvalue weighted by Gasteiger charge is 2.20. The van der Waals surface area contributed by atoms with Gasteiger partial charge in [0.25, 0.3) is 0 Å². The average Bonchev–Trinajstić information content (AvgIpc) is 2.42. The van der Waals surface area contributed by atoms with Crippen LogP contribution in [0.1, 0.15) is 55.2 Å². The van der Waals surface area contributed by atoms with Crippen LogP contribution in [0.2, 0.25) is 0 Å². The summed E-state index contributed by atoms with van der Waals surface area (Å²) >= 11 is 0. The minimum atomic E-state index is -0.715. The Morgan fingerprint density at radius 1 is 1.29 bits per heavy atom. The molecule has 1 aliphatic carbocycles. The molecule has 0 saturated heterocycles. The lowest BCUT2D eigenvalue weighted by atomic mass is 9.92. The van der Waals surface area contributed by atoms with Gasteiger partial charge in [0.05, 0.1) is 6.42 Å². The molecule has 0 aromatic heterocycles. The van der Waals surface area contributed by atoms with Gasteiger partial charge in [-0.25, -0.2) is 0 Å². The number of carbonyl (C=O) groups is 1. The topological polar surface area (TPSA) is 49.3 Å². The third-order valence-corrected chi connectivity index (χ3v) is 4.46. The molecule has 0 spiro atoms. The molecule has 0 aliphatic heterocycles. The van der Waals surface area contributed by atoms with E-state index in [1.165, 1.54) is 48.8 Å². The maximum absolute atomic E-state index is 11.1. The highest BCUT2D eigenvalue weighted by molar-refractivity contribution is 5.67. The number of carboxylic acids is 1. The second kappa shape index (κ2) is 7.60. The summed E-state index contributed by atoms with van der Waals surface area (Å²) in [5, 5.41) is 12.8. The van der Waals surface area contributed by atoms with Gasteiger partial charge in [-0.3, -0.25) is 4.79 Å². The van der Waals surface area contributed by atoms with E-state index in [1.54, 1.807) is 0 Å². The molecule has 1 aliphatic rings. The molecule has 2 N–H and O–H groups in total. The van der Waals surface area contributed by atoms with E-state index in [2.05, 4.69) is 37.4 Å². The fourth-order valence-corrected chi connectivity index (χ4v) is 3.34. The van der Waals surface area contributed by atoms with Crippen LogP contribution in [-0.4, -0.2) is 23.2 Å². The van der Waals surface area contributed by atoms with Crippen LogP contribution < -0.4 is 5.32 Å². The van der Waals surface area contributed by atoms with E-state index in [9.17, 15) is 4.79 Å². The van der Waals surface area contributed by atoms with Crippen LogP contribution in [0, 0.1) is 13.8 Å². The van der Waals surface area contributed by atoms with E-state index in [-0.39, 0.29) is 12.5 Å². The van der Waals surface area contributed by atoms with Crippen LogP contribution in [0.3, 0.4) is 0 Å². The third kappa shape index (κ3) is 5.16. The number of aryl methyl sites for hydroxylation is 2. The largest absolute Gasteiger partial charge is 0.481 e. The van der Waals surface area contributed by atoms with Crippen LogP contribution in [0.4, 0.5) is 0 Å². The van der Waals surface area contributed by atoms with E-state index in [0.717, 1.165) is 6.42 Å². The van der Waals surface area contributed by atoms with Gasteiger partial charge in [-0.15, -0.1) is 0 Å². The molecule has 1 fully saturated rings. The standard InChI is InChI=1S/C18H27NO2/c1-13-8-9-15(14(2)10-13)11-17(12-18(20)21)19-16-6-4-3-5-7-16/h8-10,16-17,19H,3-7,11-12H2,1-2H3,(H,20,21). The number of rotatable bonds is 6. The van der Waals surface area contributed by atoms with Crippen LogP contribution >= 0.6 is 0 Å². The summed E-state index contributed by atoms with van der Waals surface area (Å²) in [7, 11) is 0. The second-order valence-electron chi connectivity index (χ2n) is 6.43. The summed E-state index contributed by atoms with van der Waals surface area (Å²) in [5.41, 5.74) is 3.78. The van der Waals surface area contributed by atoms with Crippen molar-refractivity contribution in [1.29, 1.82) is 0 Å². The Kier molecular flexibility index (Phi) is 5.80. The molecule has 1 saturated carbocycles. The first-order valence-electron chi connectivity index (χ1n) is 8.08. The molecule has 0 bridgehead atoms. The zero-order valence-corrected chi connectivity index (χ0v) is 13.2. The molecule has 21 heavy (non-hydrogen) atoms. The smallest absolute Gasteiger partial charge is 0.304 e. The second-order valence-corrected chi connectivity index (χ2v) is 6.43. The maximum Gasteiger partial charge on any atom is 0.304 e. The van der Waals surface area contributed by atoms with Gasteiger partial charge in [0.15, 0.2) is 0 Å². The lowest BCUT2D eigenvalue weighted by molar-refractivity contribution is -0.137. The monoisotopic (exact) mass is 289 g/mol. The molecule has 1 atom stereocenters. The van der Waals surface area contributed by atoms with Crippen LogP contribution in [0.5, 0.6) is 0 Å². The minimum Gasteiger partial charge on any atom is -0.481 e. The van der Waals surface area contributed by atoms with Gasteiger partial charge in [0.1, 0.15) is 0 Å². The Hall–Kier alpha value is -1.35. The first-order chi connectivity index (χ1) is 10.0. The molecular formula is C18H27NO2. The molecule has 1 aromatic rings. The number of aliphatic carboxylic acids is 1. The van der Waals surface area contributed by atoms with Crippen molar-refractivity contribution in [3.05, 3.63) is 34.9 Å². The Morgan fingerprint density at radius 3 is 2.62 bits per heavy atom. The summed E-state index contributed by atoms with van der Waals surface area (Å²) in [4.78, 5) is 11.1. The SMILES string of the molecule is Cc1ccc(CC(CC(=O)O)NC2CCCCC2)c(C)c1. The predicted octanol–water partition coefficient (Wildman–Crippen LogP) is 3.61. The summed E-state index contributed by atoms with van der Waals surface area (Å²) in [6.45, 7) is 4.20. The van der Waals surface area contributed by atoms with Gasteiger partial charge >= 0.3 is 5.97 Å². The first kappa shape index (κ1) is 16.0. The van der Waals surface area contributed by atoms with Crippen molar-refractivity contribution in [2.45, 2.75) is 70.9 Å². The lowest BCUT2D eigenvalue weighted by Crippen LogP contribution is -2.42. The number of carboxylic acid groups (broad SMARTS) is 1. The van der Waals surface area contributed by atoms with Crippen molar-refractivity contribution in [2.75, 3.05) is 0 Å². The summed E-state index contributed by atoms with van der Waals surface area (Å²) < 4.78 is 0. The zero-order valence-electron chi connectivity index (χ0n) is 13.2. The Balaban J connectivity index is 2.02. The minimum absolute atomic E-state index is 0.0343. The highest BCUT2D eigenvalue weighted by Crippen LogP contribution is 2.20. The van der Waals surface area contributed by atoms with E-state index in [0.29, 0.717) is 6.04 Å². The molecule has 1 aromatic carbocycles. The van der Waals surface area contributed by atoms with Crippen LogP contribution in [0.25, 0.3) is 0 Å². The molecule has 0 radical (unpaired) electrons. The van der Waals surface area contributed by atoms with E-state index in [1.807, 2.05) is 0 Å². The molecule has 2 rings (SSSR count). The van der Waals surface area contributed by atoms with Gasteiger partial charge in [-0.05, 0) is 44.2 Å². The Labute approximate surface area is 127 Å². The van der Waals surface area contributed by atoms with Crippen molar-refractivity contribution in [3.63, 3.8) is 0 Å². The third-order valence-electron chi connectivity index (χ3n) is 4.46.